The predicted octanol–water partition coefficient (Wildman–Crippen LogP) is -1.32. The minimum absolute atomic E-state index is 0.0486. The van der Waals surface area contributed by atoms with Gasteiger partial charge in [0, 0.05) is 0 Å². The molecule has 0 aliphatic carbocycles. The summed E-state index contributed by atoms with van der Waals surface area (Å²) in [6.07, 6.45) is 4.96. The third kappa shape index (κ3) is 1.28. The Bertz CT molecular complexity index is 166. The topological polar surface area (TPSA) is 49.3 Å². The zero-order valence-corrected chi connectivity index (χ0v) is 4.94. The van der Waals surface area contributed by atoms with Crippen LogP contribution in [-0.2, 0) is 13.5 Å². The molecule has 1 heterocycles. The van der Waals surface area contributed by atoms with Gasteiger partial charge in [-0.1, -0.05) is 0 Å². The highest BCUT2D eigenvalue weighted by molar-refractivity contribution is 4.62. The van der Waals surface area contributed by atoms with Gasteiger partial charge < -0.3 is 10.2 Å². The molecule has 4 heteroatoms. The molecule has 9 heavy (non-hydrogen) atoms. The summed E-state index contributed by atoms with van der Waals surface area (Å²) in [5, 5.41) is 17.0. The van der Waals surface area contributed by atoms with Crippen molar-refractivity contribution < 1.29 is 14.8 Å². The first-order valence-corrected chi connectivity index (χ1v) is 2.63. The fraction of sp³-hybridized carbons (Fsp3) is 0.400. The molecule has 0 aromatic carbocycles. The van der Waals surface area contributed by atoms with Crippen LogP contribution < -0.4 is 4.57 Å². The van der Waals surface area contributed by atoms with Crippen molar-refractivity contribution in [3.8, 4) is 0 Å². The third-order valence-corrected chi connectivity index (χ3v) is 1.07. The molecule has 50 valence electrons. The number of aromatic nitrogens is 2. The molecule has 0 amide bonds. The molecule has 1 rings (SSSR count). The van der Waals surface area contributed by atoms with E-state index in [0.29, 0.717) is 0 Å². The lowest BCUT2D eigenvalue weighted by Gasteiger charge is -1.83. The maximum Gasteiger partial charge on any atom is 0.247 e. The van der Waals surface area contributed by atoms with E-state index in [1.54, 1.807) is 27.9 Å². The molecule has 0 fully saturated rings. The van der Waals surface area contributed by atoms with Gasteiger partial charge in [-0.3, -0.25) is 0 Å². The van der Waals surface area contributed by atoms with Crippen LogP contribution in [0.3, 0.4) is 0 Å². The summed E-state index contributed by atoms with van der Waals surface area (Å²) in [5.74, 6) is 0. The zero-order chi connectivity index (χ0) is 6.69. The minimum atomic E-state index is -0.0486. The van der Waals surface area contributed by atoms with Gasteiger partial charge >= 0.3 is 0 Å². The van der Waals surface area contributed by atoms with Crippen molar-refractivity contribution in [2.75, 3.05) is 0 Å². The number of hydrogen-bond acceptors (Lipinski definition) is 2. The molecule has 0 unspecified atom stereocenters. The highest BCUT2D eigenvalue weighted by atomic mass is 16.3. The number of hydrogen-bond donors (Lipinski definition) is 2. The van der Waals surface area contributed by atoms with Gasteiger partial charge in [0.2, 0.25) is 6.33 Å². The van der Waals surface area contributed by atoms with Crippen LogP contribution in [-0.4, -0.2) is 14.8 Å². The van der Waals surface area contributed by atoms with Crippen molar-refractivity contribution in [2.24, 2.45) is 0 Å². The fourth-order valence-electron chi connectivity index (χ4n) is 0.606. The highest BCUT2D eigenvalue weighted by Gasteiger charge is 1.97. The Balaban J connectivity index is 2.74. The van der Waals surface area contributed by atoms with Gasteiger partial charge in [-0.05, 0) is 0 Å². The molecule has 1 aromatic rings. The van der Waals surface area contributed by atoms with Crippen LogP contribution in [0.4, 0.5) is 0 Å². The van der Waals surface area contributed by atoms with Crippen molar-refractivity contribution in [2.45, 2.75) is 13.5 Å². The van der Waals surface area contributed by atoms with Crippen molar-refractivity contribution in [1.29, 1.82) is 0 Å². The van der Waals surface area contributed by atoms with Gasteiger partial charge in [0.25, 0.3) is 0 Å². The zero-order valence-electron chi connectivity index (χ0n) is 4.94. The van der Waals surface area contributed by atoms with Crippen molar-refractivity contribution in [3.63, 3.8) is 0 Å². The first kappa shape index (κ1) is 6.25. The van der Waals surface area contributed by atoms with Gasteiger partial charge in [0.15, 0.2) is 13.5 Å². The molecule has 4 nitrogen and oxygen atoms in total. The molecule has 1 aromatic heterocycles. The summed E-state index contributed by atoms with van der Waals surface area (Å²) >= 11 is 0. The Morgan fingerprint density at radius 1 is 1.44 bits per heavy atom. The molecule has 0 saturated carbocycles. The number of rotatable bonds is 2. The number of aliphatic hydroxyl groups excluding tert-OH is 2. The molecule has 0 spiro atoms. The van der Waals surface area contributed by atoms with E-state index in [-0.39, 0.29) is 13.5 Å². The van der Waals surface area contributed by atoms with Gasteiger partial charge in [-0.15, -0.1) is 0 Å². The third-order valence-electron chi connectivity index (χ3n) is 1.07. The van der Waals surface area contributed by atoms with E-state index in [9.17, 15) is 0 Å². The van der Waals surface area contributed by atoms with Crippen LogP contribution in [0, 0.1) is 0 Å². The Labute approximate surface area is 52.6 Å². The van der Waals surface area contributed by atoms with E-state index < -0.39 is 0 Å². The lowest BCUT2D eigenvalue weighted by Crippen LogP contribution is -2.30. The SMILES string of the molecule is OCn1cc[n+](CO)c1. The first-order chi connectivity index (χ1) is 4.36. The summed E-state index contributed by atoms with van der Waals surface area (Å²) in [4.78, 5) is 0. The lowest BCUT2D eigenvalue weighted by atomic mass is 10.9. The van der Waals surface area contributed by atoms with E-state index >= 15 is 0 Å². The van der Waals surface area contributed by atoms with E-state index in [4.69, 9.17) is 10.2 Å². The van der Waals surface area contributed by atoms with Crippen LogP contribution in [0.2, 0.25) is 0 Å². The molecule has 0 atom stereocenters. The number of aliphatic hydroxyl groups is 2. The van der Waals surface area contributed by atoms with Gasteiger partial charge in [0.1, 0.15) is 12.4 Å². The van der Waals surface area contributed by atoms with Crippen molar-refractivity contribution in [1.82, 2.24) is 4.57 Å². The Morgan fingerprint density at radius 3 is 2.56 bits per heavy atom. The normalized spacial score (nSPS) is 10.0. The monoisotopic (exact) mass is 129 g/mol. The smallest absolute Gasteiger partial charge is 0.247 e. The van der Waals surface area contributed by atoms with Crippen LogP contribution in [0.25, 0.3) is 0 Å². The first-order valence-electron chi connectivity index (χ1n) is 2.63. The number of imidazole rings is 1. The van der Waals surface area contributed by atoms with Crippen molar-refractivity contribution >= 4 is 0 Å². The van der Waals surface area contributed by atoms with E-state index in [0.717, 1.165) is 0 Å². The summed E-state index contributed by atoms with van der Waals surface area (Å²) in [6.45, 7) is -0.0972. The Hall–Kier alpha value is -0.870. The van der Waals surface area contributed by atoms with Crippen molar-refractivity contribution in [3.05, 3.63) is 18.7 Å². The summed E-state index contributed by atoms with van der Waals surface area (Å²) in [5.41, 5.74) is 0. The fourth-order valence-corrected chi connectivity index (χ4v) is 0.606. The Kier molecular flexibility index (Phi) is 1.81. The van der Waals surface area contributed by atoms with Crippen LogP contribution in [0.1, 0.15) is 0 Å². The second-order valence-corrected chi connectivity index (χ2v) is 1.72. The van der Waals surface area contributed by atoms with Crippen LogP contribution in [0.15, 0.2) is 18.7 Å². The van der Waals surface area contributed by atoms with Gasteiger partial charge in [-0.25, -0.2) is 9.13 Å². The maximum atomic E-state index is 8.51. The largest absolute Gasteiger partial charge is 0.358 e. The highest BCUT2D eigenvalue weighted by Crippen LogP contribution is 1.78. The molecule has 0 bridgehead atoms. The lowest BCUT2D eigenvalue weighted by molar-refractivity contribution is -0.729. The maximum absolute atomic E-state index is 8.51. The van der Waals surface area contributed by atoms with Gasteiger partial charge in [-0.2, -0.15) is 0 Å². The summed E-state index contributed by atoms with van der Waals surface area (Å²) < 4.78 is 3.10. The quantitative estimate of drug-likeness (QED) is 0.486. The molecular formula is C5H9N2O2+. The molecule has 0 radical (unpaired) electrons. The van der Waals surface area contributed by atoms with Crippen LogP contribution >= 0.6 is 0 Å². The Morgan fingerprint density at radius 2 is 2.22 bits per heavy atom. The van der Waals surface area contributed by atoms with E-state index in [1.165, 1.54) is 0 Å². The van der Waals surface area contributed by atoms with Crippen LogP contribution in [0.5, 0.6) is 0 Å². The second-order valence-electron chi connectivity index (χ2n) is 1.72. The predicted molar refractivity (Wildman–Crippen MR) is 29.1 cm³/mol. The average molecular weight is 129 g/mol. The van der Waals surface area contributed by atoms with Gasteiger partial charge in [0.05, 0.1) is 0 Å². The molecule has 0 saturated heterocycles. The summed E-state index contributed by atoms with van der Waals surface area (Å²) in [6, 6.07) is 0. The second kappa shape index (κ2) is 2.61. The minimum Gasteiger partial charge on any atom is -0.358 e. The molecule has 0 aliphatic rings. The standard InChI is InChI=1S/C5H9N2O2/c8-4-6-1-2-7(3-6)5-9/h1-3,8-9H,4-5H2/q+1. The summed E-state index contributed by atoms with van der Waals surface area (Å²) in [7, 11) is 0. The molecular weight excluding hydrogens is 120 g/mol. The van der Waals surface area contributed by atoms with E-state index in [2.05, 4.69) is 0 Å². The molecule has 0 aliphatic heterocycles. The van der Waals surface area contributed by atoms with E-state index in [1.807, 2.05) is 0 Å². The average Bonchev–Trinajstić information content (AvgIpc) is 2.34. The number of nitrogens with zero attached hydrogens (tertiary/aromatic N) is 2. The molecule has 2 N–H and O–H groups in total.